The Balaban J connectivity index is 0.00000112. The third kappa shape index (κ3) is 2.97. The second-order valence-electron chi connectivity index (χ2n) is 9.68. The summed E-state index contributed by atoms with van der Waals surface area (Å²) in [5, 5.41) is 12.9. The van der Waals surface area contributed by atoms with Gasteiger partial charge in [-0.1, -0.05) is 106 Å². The molecule has 0 radical (unpaired) electrons. The van der Waals surface area contributed by atoms with E-state index in [-0.39, 0.29) is 5.41 Å². The monoisotopic (exact) mass is 455 g/mol. The van der Waals surface area contributed by atoms with E-state index in [1.807, 2.05) is 13.8 Å². The van der Waals surface area contributed by atoms with Crippen molar-refractivity contribution in [2.75, 3.05) is 0 Å². The van der Waals surface area contributed by atoms with Crippen LogP contribution >= 0.6 is 0 Å². The zero-order chi connectivity index (χ0) is 24.3. The summed E-state index contributed by atoms with van der Waals surface area (Å²) in [5.41, 5.74) is 9.79. The molecule has 6 aromatic rings. The van der Waals surface area contributed by atoms with Crippen LogP contribution in [0.2, 0.25) is 0 Å². The summed E-state index contributed by atoms with van der Waals surface area (Å²) >= 11 is 0. The van der Waals surface area contributed by atoms with Crippen molar-refractivity contribution < 1.29 is 0 Å². The molecular formula is C32H29N3. The first-order valence-electron chi connectivity index (χ1n) is 12.4. The lowest BCUT2D eigenvalue weighted by molar-refractivity contribution is 0.660. The Morgan fingerprint density at radius 3 is 2.06 bits per heavy atom. The molecule has 3 heteroatoms. The Morgan fingerprint density at radius 2 is 1.29 bits per heavy atom. The molecule has 35 heavy (non-hydrogen) atoms. The van der Waals surface area contributed by atoms with Gasteiger partial charge in [-0.25, -0.2) is 0 Å². The van der Waals surface area contributed by atoms with Gasteiger partial charge in [0, 0.05) is 21.8 Å². The van der Waals surface area contributed by atoms with Crippen molar-refractivity contribution in [3.8, 4) is 22.5 Å². The van der Waals surface area contributed by atoms with Crippen LogP contribution in [0, 0.1) is 6.92 Å². The number of hydrogen-bond donors (Lipinski definition) is 0. The van der Waals surface area contributed by atoms with Gasteiger partial charge in [0.2, 0.25) is 0 Å². The molecule has 0 spiro atoms. The summed E-state index contributed by atoms with van der Waals surface area (Å²) < 4.78 is 2.22. The van der Waals surface area contributed by atoms with Crippen LogP contribution in [0.1, 0.15) is 44.4 Å². The highest BCUT2D eigenvalue weighted by atomic mass is 15.2. The lowest BCUT2D eigenvalue weighted by Gasteiger charge is -2.22. The smallest absolute Gasteiger partial charge is 0.169 e. The maximum atomic E-state index is 4.72. The van der Waals surface area contributed by atoms with E-state index < -0.39 is 0 Å². The summed E-state index contributed by atoms with van der Waals surface area (Å²) in [6.07, 6.45) is 0. The van der Waals surface area contributed by atoms with Gasteiger partial charge < -0.3 is 0 Å². The Hall–Kier alpha value is -3.98. The molecule has 7 rings (SSSR count). The lowest BCUT2D eigenvalue weighted by Crippen LogP contribution is -2.15. The molecule has 1 aliphatic carbocycles. The summed E-state index contributed by atoms with van der Waals surface area (Å²) in [4.78, 5) is 0. The summed E-state index contributed by atoms with van der Waals surface area (Å²) in [7, 11) is 0. The first kappa shape index (κ1) is 21.5. The van der Waals surface area contributed by atoms with Gasteiger partial charge in [-0.05, 0) is 46.7 Å². The van der Waals surface area contributed by atoms with E-state index in [9.17, 15) is 0 Å². The average molecular weight is 456 g/mol. The van der Waals surface area contributed by atoms with E-state index in [1.54, 1.807) is 0 Å². The predicted octanol–water partition coefficient (Wildman–Crippen LogP) is 8.34. The minimum Gasteiger partial charge on any atom is -0.274 e. The zero-order valence-electron chi connectivity index (χ0n) is 20.9. The second kappa shape index (κ2) is 7.78. The van der Waals surface area contributed by atoms with Crippen molar-refractivity contribution in [1.29, 1.82) is 0 Å². The molecule has 1 aliphatic rings. The van der Waals surface area contributed by atoms with Gasteiger partial charge in [0.1, 0.15) is 0 Å². The number of nitrogens with zero attached hydrogens (tertiary/aromatic N) is 3. The van der Waals surface area contributed by atoms with Crippen LogP contribution in [0.4, 0.5) is 0 Å². The van der Waals surface area contributed by atoms with Gasteiger partial charge in [-0.2, -0.15) is 0 Å². The third-order valence-corrected chi connectivity index (χ3v) is 7.36. The Bertz CT molecular complexity index is 1750. The van der Waals surface area contributed by atoms with Gasteiger partial charge in [0.15, 0.2) is 11.5 Å². The van der Waals surface area contributed by atoms with Crippen molar-refractivity contribution in [2.24, 2.45) is 0 Å². The molecule has 0 unspecified atom stereocenters. The first-order valence-corrected chi connectivity index (χ1v) is 12.4. The SMILES string of the molecule is CC.Cc1ccc2c(c1)C(C)(C)c1cc(-c3nnc4c5ccccc5c5ccccc5n34)ccc1-2. The van der Waals surface area contributed by atoms with Crippen molar-refractivity contribution in [3.05, 3.63) is 102 Å². The number of rotatable bonds is 1. The second-order valence-corrected chi connectivity index (χ2v) is 9.68. The van der Waals surface area contributed by atoms with E-state index in [4.69, 9.17) is 5.10 Å². The Morgan fingerprint density at radius 1 is 0.657 bits per heavy atom. The summed E-state index contributed by atoms with van der Waals surface area (Å²) in [5.74, 6) is 0.887. The number of hydrogen-bond acceptors (Lipinski definition) is 2. The van der Waals surface area contributed by atoms with Crippen LogP contribution < -0.4 is 0 Å². The average Bonchev–Trinajstić information content (AvgIpc) is 3.43. The molecule has 0 amide bonds. The van der Waals surface area contributed by atoms with Crippen molar-refractivity contribution in [1.82, 2.24) is 14.6 Å². The highest BCUT2D eigenvalue weighted by Gasteiger charge is 2.35. The van der Waals surface area contributed by atoms with Crippen LogP contribution in [0.5, 0.6) is 0 Å². The number of aryl methyl sites for hydroxylation is 1. The molecule has 0 aliphatic heterocycles. The van der Waals surface area contributed by atoms with Gasteiger partial charge >= 0.3 is 0 Å². The van der Waals surface area contributed by atoms with E-state index in [2.05, 4.69) is 115 Å². The molecule has 0 fully saturated rings. The fourth-order valence-corrected chi connectivity index (χ4v) is 5.67. The van der Waals surface area contributed by atoms with Gasteiger partial charge in [-0.15, -0.1) is 10.2 Å². The molecule has 4 aromatic carbocycles. The van der Waals surface area contributed by atoms with Gasteiger partial charge in [-0.3, -0.25) is 4.40 Å². The summed E-state index contributed by atoms with van der Waals surface area (Å²) in [6, 6.07) is 30.6. The summed E-state index contributed by atoms with van der Waals surface area (Å²) in [6.45, 7) is 10.8. The zero-order valence-corrected chi connectivity index (χ0v) is 20.9. The minimum absolute atomic E-state index is 0.0536. The Kier molecular flexibility index (Phi) is 4.79. The maximum absolute atomic E-state index is 4.72. The quantitative estimate of drug-likeness (QED) is 0.233. The molecule has 172 valence electrons. The number of pyridine rings is 1. The standard InChI is InChI=1S/C30H23N3.C2H6/c1-18-12-14-21-22-15-13-19(17-26(22)30(2,3)25(21)16-18)28-31-32-29-24-10-5-4-8-20(24)23-9-6-7-11-27(23)33(28)29;1-2/h4-17H,1-3H3;1-2H3. The molecule has 2 heterocycles. The lowest BCUT2D eigenvalue weighted by atomic mass is 9.81. The van der Waals surface area contributed by atoms with Crippen molar-refractivity contribution in [3.63, 3.8) is 0 Å². The number of para-hydroxylation sites is 1. The number of aromatic nitrogens is 3. The predicted molar refractivity (Wildman–Crippen MR) is 147 cm³/mol. The van der Waals surface area contributed by atoms with Crippen LogP contribution in [0.3, 0.4) is 0 Å². The van der Waals surface area contributed by atoms with Crippen LogP contribution in [-0.2, 0) is 5.41 Å². The van der Waals surface area contributed by atoms with Gasteiger partial charge in [0.25, 0.3) is 0 Å². The van der Waals surface area contributed by atoms with Crippen molar-refractivity contribution >= 4 is 27.3 Å². The highest BCUT2D eigenvalue weighted by molar-refractivity contribution is 6.12. The largest absolute Gasteiger partial charge is 0.274 e. The molecule has 0 atom stereocenters. The molecule has 0 saturated heterocycles. The van der Waals surface area contributed by atoms with Crippen LogP contribution in [-0.4, -0.2) is 14.6 Å². The number of fused-ring (bicyclic) bond motifs is 9. The van der Waals surface area contributed by atoms with E-state index in [0.717, 1.165) is 27.9 Å². The topological polar surface area (TPSA) is 30.2 Å². The molecule has 2 aromatic heterocycles. The van der Waals surface area contributed by atoms with E-state index in [1.165, 1.54) is 38.6 Å². The minimum atomic E-state index is -0.0536. The highest BCUT2D eigenvalue weighted by Crippen LogP contribution is 2.49. The first-order chi connectivity index (χ1) is 17.0. The van der Waals surface area contributed by atoms with Crippen molar-refractivity contribution in [2.45, 2.75) is 40.0 Å². The third-order valence-electron chi connectivity index (χ3n) is 7.36. The van der Waals surface area contributed by atoms with Gasteiger partial charge in [0.05, 0.1) is 5.52 Å². The number of benzene rings is 4. The van der Waals surface area contributed by atoms with Crippen LogP contribution in [0.25, 0.3) is 49.8 Å². The van der Waals surface area contributed by atoms with Crippen LogP contribution in [0.15, 0.2) is 84.9 Å². The normalized spacial score (nSPS) is 13.5. The Labute approximate surface area is 206 Å². The van der Waals surface area contributed by atoms with E-state index >= 15 is 0 Å². The molecule has 0 bridgehead atoms. The molecule has 0 saturated carbocycles. The molecule has 0 N–H and O–H groups in total. The fraction of sp³-hybridized carbons (Fsp3) is 0.188. The maximum Gasteiger partial charge on any atom is 0.169 e. The fourth-order valence-electron chi connectivity index (χ4n) is 5.67. The molecular weight excluding hydrogens is 426 g/mol. The molecule has 3 nitrogen and oxygen atoms in total. The van der Waals surface area contributed by atoms with E-state index in [0.29, 0.717) is 0 Å².